The normalized spacial score (nSPS) is 42.0. The number of halogens is 3. The highest BCUT2D eigenvalue weighted by molar-refractivity contribution is 4.86. The Hall–Kier alpha value is -0.330. The summed E-state index contributed by atoms with van der Waals surface area (Å²) in [4.78, 5) is 0. The van der Waals surface area contributed by atoms with Gasteiger partial charge in [0.05, 0.1) is 0 Å². The van der Waals surface area contributed by atoms with Crippen molar-refractivity contribution in [3.8, 4) is 0 Å². The standard InChI is InChI=1S/C7H13F3N2O/c1-3-2-4(11)6(12)13-5(3)7(8,9)10/h3-6H,2,11-12H2,1H3/t3-,4+,5-,6+/m1/s1. The third-order valence-electron chi connectivity index (χ3n) is 2.21. The minimum atomic E-state index is -4.35. The van der Waals surface area contributed by atoms with Crippen molar-refractivity contribution in [1.29, 1.82) is 0 Å². The smallest absolute Gasteiger partial charge is 0.349 e. The van der Waals surface area contributed by atoms with Crippen molar-refractivity contribution in [3.63, 3.8) is 0 Å². The van der Waals surface area contributed by atoms with Crippen LogP contribution in [-0.4, -0.2) is 24.6 Å². The zero-order valence-corrected chi connectivity index (χ0v) is 7.21. The zero-order valence-electron chi connectivity index (χ0n) is 7.21. The van der Waals surface area contributed by atoms with Gasteiger partial charge in [-0.05, 0) is 12.3 Å². The molecule has 6 heteroatoms. The molecule has 3 nitrogen and oxygen atoms in total. The summed E-state index contributed by atoms with van der Waals surface area (Å²) in [6.45, 7) is 1.46. The van der Waals surface area contributed by atoms with Gasteiger partial charge in [-0.2, -0.15) is 13.2 Å². The summed E-state index contributed by atoms with van der Waals surface area (Å²) in [5, 5.41) is 0. The molecule has 0 unspecified atom stereocenters. The van der Waals surface area contributed by atoms with E-state index >= 15 is 0 Å². The van der Waals surface area contributed by atoms with Crippen LogP contribution in [-0.2, 0) is 4.74 Å². The number of hydrogen-bond donors (Lipinski definition) is 2. The first kappa shape index (κ1) is 10.7. The second-order valence-corrected chi connectivity index (χ2v) is 3.44. The van der Waals surface area contributed by atoms with Crippen LogP contribution >= 0.6 is 0 Å². The van der Waals surface area contributed by atoms with Gasteiger partial charge < -0.3 is 16.2 Å². The summed E-state index contributed by atoms with van der Waals surface area (Å²) in [5.74, 6) is -0.630. The van der Waals surface area contributed by atoms with Crippen LogP contribution in [0.15, 0.2) is 0 Å². The minimum absolute atomic E-state index is 0.241. The van der Waals surface area contributed by atoms with E-state index in [-0.39, 0.29) is 6.42 Å². The van der Waals surface area contributed by atoms with Crippen LogP contribution < -0.4 is 11.5 Å². The lowest BCUT2D eigenvalue weighted by Crippen LogP contribution is -2.56. The van der Waals surface area contributed by atoms with Crippen molar-refractivity contribution in [2.24, 2.45) is 17.4 Å². The van der Waals surface area contributed by atoms with Gasteiger partial charge in [-0.3, -0.25) is 0 Å². The summed E-state index contributed by atoms with van der Waals surface area (Å²) in [7, 11) is 0. The van der Waals surface area contributed by atoms with Crippen LogP contribution in [0, 0.1) is 5.92 Å². The fourth-order valence-electron chi connectivity index (χ4n) is 1.49. The average molecular weight is 198 g/mol. The van der Waals surface area contributed by atoms with Crippen molar-refractivity contribution < 1.29 is 17.9 Å². The molecular weight excluding hydrogens is 185 g/mol. The van der Waals surface area contributed by atoms with E-state index in [4.69, 9.17) is 11.5 Å². The lowest BCUT2D eigenvalue weighted by molar-refractivity contribution is -0.262. The highest BCUT2D eigenvalue weighted by Crippen LogP contribution is 2.34. The predicted octanol–water partition coefficient (Wildman–Crippen LogP) is 0.586. The lowest BCUT2D eigenvalue weighted by atomic mass is 9.92. The van der Waals surface area contributed by atoms with E-state index in [2.05, 4.69) is 4.74 Å². The summed E-state index contributed by atoms with van der Waals surface area (Å²) in [5.41, 5.74) is 10.7. The largest absolute Gasteiger partial charge is 0.414 e. The molecule has 0 aromatic carbocycles. The molecule has 1 saturated heterocycles. The molecule has 0 aromatic rings. The Labute approximate surface area is 74.2 Å². The van der Waals surface area contributed by atoms with Crippen LogP contribution in [0.3, 0.4) is 0 Å². The third kappa shape index (κ3) is 2.32. The van der Waals surface area contributed by atoms with Gasteiger partial charge in [0.15, 0.2) is 6.10 Å². The maximum atomic E-state index is 12.3. The Morgan fingerprint density at radius 1 is 1.31 bits per heavy atom. The molecule has 0 bridgehead atoms. The summed E-state index contributed by atoms with van der Waals surface area (Å²) < 4.78 is 41.4. The molecule has 0 radical (unpaired) electrons. The first-order valence-electron chi connectivity index (χ1n) is 4.05. The molecule has 4 atom stereocenters. The minimum Gasteiger partial charge on any atom is -0.349 e. The van der Waals surface area contributed by atoms with Gasteiger partial charge in [-0.15, -0.1) is 0 Å². The van der Waals surface area contributed by atoms with Gasteiger partial charge in [-0.25, -0.2) is 0 Å². The Morgan fingerprint density at radius 3 is 2.31 bits per heavy atom. The fourth-order valence-corrected chi connectivity index (χ4v) is 1.49. The van der Waals surface area contributed by atoms with Gasteiger partial charge in [0.1, 0.15) is 6.23 Å². The fraction of sp³-hybridized carbons (Fsp3) is 1.00. The molecule has 1 aliphatic heterocycles. The quantitative estimate of drug-likeness (QED) is 0.598. The van der Waals surface area contributed by atoms with Gasteiger partial charge in [-0.1, -0.05) is 6.92 Å². The van der Waals surface area contributed by atoms with Crippen LogP contribution in [0.5, 0.6) is 0 Å². The van der Waals surface area contributed by atoms with E-state index in [0.717, 1.165) is 0 Å². The van der Waals surface area contributed by atoms with Crippen LogP contribution in [0.4, 0.5) is 13.2 Å². The second kappa shape index (κ2) is 3.43. The van der Waals surface area contributed by atoms with Crippen molar-refractivity contribution in [3.05, 3.63) is 0 Å². The van der Waals surface area contributed by atoms with Crippen molar-refractivity contribution >= 4 is 0 Å². The Morgan fingerprint density at radius 2 is 1.85 bits per heavy atom. The van der Waals surface area contributed by atoms with E-state index in [1.807, 2.05) is 0 Å². The van der Waals surface area contributed by atoms with Gasteiger partial charge in [0.2, 0.25) is 0 Å². The lowest BCUT2D eigenvalue weighted by Gasteiger charge is -2.37. The van der Waals surface area contributed by atoms with Crippen molar-refractivity contribution in [2.75, 3.05) is 0 Å². The van der Waals surface area contributed by atoms with Crippen LogP contribution in [0.25, 0.3) is 0 Å². The molecule has 0 aliphatic carbocycles. The topological polar surface area (TPSA) is 61.3 Å². The third-order valence-corrected chi connectivity index (χ3v) is 2.21. The molecule has 78 valence electrons. The first-order valence-corrected chi connectivity index (χ1v) is 4.05. The SMILES string of the molecule is C[C@@H]1C[C@H](N)[C@@H](N)O[C@H]1C(F)(F)F. The Bertz CT molecular complexity index is 185. The second-order valence-electron chi connectivity index (χ2n) is 3.44. The molecule has 1 fully saturated rings. The summed E-state index contributed by atoms with van der Waals surface area (Å²) in [6, 6.07) is -0.506. The van der Waals surface area contributed by atoms with Gasteiger partial charge in [0.25, 0.3) is 0 Å². The molecule has 1 heterocycles. The maximum Gasteiger partial charge on any atom is 0.414 e. The molecule has 13 heavy (non-hydrogen) atoms. The van der Waals surface area contributed by atoms with Crippen molar-refractivity contribution in [1.82, 2.24) is 0 Å². The molecule has 1 aliphatic rings. The van der Waals surface area contributed by atoms with Crippen LogP contribution in [0.2, 0.25) is 0 Å². The Kier molecular flexibility index (Phi) is 2.84. The van der Waals surface area contributed by atoms with Crippen LogP contribution in [0.1, 0.15) is 13.3 Å². The average Bonchev–Trinajstić information content (AvgIpc) is 1.94. The molecule has 0 spiro atoms. The molecular formula is C7H13F3N2O. The van der Waals surface area contributed by atoms with Gasteiger partial charge >= 0.3 is 6.18 Å². The van der Waals surface area contributed by atoms with Gasteiger partial charge in [0, 0.05) is 6.04 Å². The highest BCUT2D eigenvalue weighted by Gasteiger charge is 2.48. The summed E-state index contributed by atoms with van der Waals surface area (Å²) >= 11 is 0. The predicted molar refractivity (Wildman–Crippen MR) is 40.7 cm³/mol. The number of hydrogen-bond acceptors (Lipinski definition) is 3. The first-order chi connectivity index (χ1) is 5.82. The van der Waals surface area contributed by atoms with E-state index < -0.39 is 30.5 Å². The Balaban J connectivity index is 2.67. The molecule has 0 amide bonds. The zero-order chi connectivity index (χ0) is 10.2. The molecule has 0 saturated carbocycles. The van der Waals surface area contributed by atoms with E-state index in [1.54, 1.807) is 0 Å². The van der Waals surface area contributed by atoms with E-state index in [0.29, 0.717) is 0 Å². The van der Waals surface area contributed by atoms with E-state index in [9.17, 15) is 13.2 Å². The number of ether oxygens (including phenoxy) is 1. The van der Waals surface area contributed by atoms with Crippen molar-refractivity contribution in [2.45, 2.75) is 37.9 Å². The number of rotatable bonds is 0. The number of alkyl halides is 3. The van der Waals surface area contributed by atoms with E-state index in [1.165, 1.54) is 6.92 Å². The monoisotopic (exact) mass is 198 g/mol. The molecule has 1 rings (SSSR count). The maximum absolute atomic E-state index is 12.3. The number of nitrogens with two attached hydrogens (primary N) is 2. The summed E-state index contributed by atoms with van der Waals surface area (Å²) in [6.07, 6.45) is -6.90. The highest BCUT2D eigenvalue weighted by atomic mass is 19.4. The molecule has 0 aromatic heterocycles. The molecule has 4 N–H and O–H groups in total.